The van der Waals surface area contributed by atoms with Gasteiger partial charge in [-0.3, -0.25) is 0 Å². The van der Waals surface area contributed by atoms with Crippen LogP contribution in [0.15, 0.2) is 18.2 Å². The van der Waals surface area contributed by atoms with Gasteiger partial charge in [0.2, 0.25) is 0 Å². The summed E-state index contributed by atoms with van der Waals surface area (Å²) in [4.78, 5) is -0.307. The highest BCUT2D eigenvalue weighted by Crippen LogP contribution is 2.28. The van der Waals surface area contributed by atoms with Gasteiger partial charge in [0.1, 0.15) is 24.7 Å². The van der Waals surface area contributed by atoms with E-state index in [0.29, 0.717) is 12.1 Å². The maximum absolute atomic E-state index is 13.2. The molecule has 1 rings (SSSR count). The van der Waals surface area contributed by atoms with Crippen LogP contribution in [-0.2, 0) is 0 Å². The summed E-state index contributed by atoms with van der Waals surface area (Å²) < 4.78 is 99.1. The van der Waals surface area contributed by atoms with Crippen molar-refractivity contribution < 1.29 is 35.1 Å². The largest absolute Gasteiger partial charge is 0.405 e. The van der Waals surface area contributed by atoms with Gasteiger partial charge in [0, 0.05) is 6.07 Å². The van der Waals surface area contributed by atoms with Crippen LogP contribution in [0.4, 0.5) is 40.8 Å². The van der Waals surface area contributed by atoms with Gasteiger partial charge < -0.3 is 4.90 Å². The van der Waals surface area contributed by atoms with Gasteiger partial charge >= 0.3 is 12.4 Å². The van der Waals surface area contributed by atoms with Crippen molar-refractivity contribution in [2.24, 2.45) is 0 Å². The zero-order valence-corrected chi connectivity index (χ0v) is 9.12. The standard InChI is InChI=1S/C10H7F8N/c11-6-1-2-7(12)8(3-6)19(4-9(13,14)15)5-10(16,17)18/h1-3H,4-5H2. The van der Waals surface area contributed by atoms with Crippen LogP contribution in [0.5, 0.6) is 0 Å². The molecule has 0 radical (unpaired) electrons. The fourth-order valence-electron chi connectivity index (χ4n) is 1.39. The smallest absolute Gasteiger partial charge is 0.351 e. The molecule has 0 unspecified atom stereocenters. The van der Waals surface area contributed by atoms with Crippen molar-refractivity contribution in [3.05, 3.63) is 29.8 Å². The molecule has 0 saturated carbocycles. The summed E-state index contributed by atoms with van der Waals surface area (Å²) in [5.41, 5.74) is -1.09. The fourth-order valence-corrected chi connectivity index (χ4v) is 1.39. The van der Waals surface area contributed by atoms with E-state index in [4.69, 9.17) is 0 Å². The summed E-state index contributed by atoms with van der Waals surface area (Å²) in [6.45, 7) is -4.07. The highest BCUT2D eigenvalue weighted by atomic mass is 19.4. The van der Waals surface area contributed by atoms with E-state index in [9.17, 15) is 35.1 Å². The van der Waals surface area contributed by atoms with Crippen LogP contribution in [0.3, 0.4) is 0 Å². The summed E-state index contributed by atoms with van der Waals surface area (Å²) in [6.07, 6.45) is -9.96. The average molecular weight is 293 g/mol. The first kappa shape index (κ1) is 15.5. The number of nitrogens with zero attached hydrogens (tertiary/aromatic N) is 1. The molecule has 1 aromatic carbocycles. The second kappa shape index (κ2) is 5.22. The number of alkyl halides is 6. The van der Waals surface area contributed by atoms with Crippen molar-refractivity contribution in [2.75, 3.05) is 18.0 Å². The molecule has 0 atom stereocenters. The zero-order valence-electron chi connectivity index (χ0n) is 9.12. The molecule has 0 aliphatic carbocycles. The summed E-state index contributed by atoms with van der Waals surface area (Å²) in [5, 5.41) is 0. The number of rotatable bonds is 3. The molecule has 108 valence electrons. The first-order chi connectivity index (χ1) is 8.48. The summed E-state index contributed by atoms with van der Waals surface area (Å²) in [5.74, 6) is -2.50. The second-order valence-electron chi connectivity index (χ2n) is 3.68. The van der Waals surface area contributed by atoms with Crippen LogP contribution in [0.1, 0.15) is 0 Å². The van der Waals surface area contributed by atoms with Crippen LogP contribution >= 0.6 is 0 Å². The van der Waals surface area contributed by atoms with Crippen LogP contribution in [-0.4, -0.2) is 25.4 Å². The molecule has 19 heavy (non-hydrogen) atoms. The predicted molar refractivity (Wildman–Crippen MR) is 50.7 cm³/mol. The molecule has 0 bridgehead atoms. The van der Waals surface area contributed by atoms with Crippen molar-refractivity contribution in [1.82, 2.24) is 0 Å². The van der Waals surface area contributed by atoms with Crippen LogP contribution in [0, 0.1) is 11.6 Å². The van der Waals surface area contributed by atoms with Crippen molar-refractivity contribution in [3.8, 4) is 0 Å². The van der Waals surface area contributed by atoms with E-state index in [1.165, 1.54) is 0 Å². The Labute approximate surface area is 102 Å². The first-order valence-corrected chi connectivity index (χ1v) is 4.81. The van der Waals surface area contributed by atoms with Gasteiger partial charge in [-0.2, -0.15) is 26.3 Å². The minimum atomic E-state index is -4.98. The molecule has 0 aliphatic heterocycles. The molecule has 0 aromatic heterocycles. The summed E-state index contributed by atoms with van der Waals surface area (Å²) >= 11 is 0. The second-order valence-corrected chi connectivity index (χ2v) is 3.68. The predicted octanol–water partition coefficient (Wildman–Crippen LogP) is 3.90. The average Bonchev–Trinajstić information content (AvgIpc) is 2.16. The molecule has 9 heteroatoms. The van der Waals surface area contributed by atoms with E-state index in [0.717, 1.165) is 0 Å². The molecule has 0 amide bonds. The third-order valence-electron chi connectivity index (χ3n) is 1.99. The van der Waals surface area contributed by atoms with Gasteiger partial charge in [-0.1, -0.05) is 0 Å². The van der Waals surface area contributed by atoms with Gasteiger partial charge in [-0.05, 0) is 12.1 Å². The van der Waals surface area contributed by atoms with Crippen molar-refractivity contribution in [1.29, 1.82) is 0 Å². The minimum absolute atomic E-state index is 0.285. The van der Waals surface area contributed by atoms with Crippen molar-refractivity contribution >= 4 is 5.69 Å². The Morgan fingerprint density at radius 1 is 0.842 bits per heavy atom. The molecular weight excluding hydrogens is 286 g/mol. The summed E-state index contributed by atoms with van der Waals surface area (Å²) in [7, 11) is 0. The molecule has 1 aromatic rings. The van der Waals surface area contributed by atoms with E-state index in [-0.39, 0.29) is 11.0 Å². The number of halogens is 8. The Balaban J connectivity index is 3.11. The molecule has 1 nitrogen and oxygen atoms in total. The topological polar surface area (TPSA) is 3.24 Å². The van der Waals surface area contributed by atoms with Gasteiger partial charge in [-0.25, -0.2) is 8.78 Å². The lowest BCUT2D eigenvalue weighted by atomic mass is 10.2. The molecule has 0 N–H and O–H groups in total. The van der Waals surface area contributed by atoms with Crippen LogP contribution in [0.25, 0.3) is 0 Å². The number of benzene rings is 1. The zero-order chi connectivity index (χ0) is 14.8. The van der Waals surface area contributed by atoms with E-state index in [1.54, 1.807) is 0 Å². The summed E-state index contributed by atoms with van der Waals surface area (Å²) in [6, 6.07) is 1.34. The quantitative estimate of drug-likeness (QED) is 0.764. The number of hydrogen-bond donors (Lipinski definition) is 0. The van der Waals surface area contributed by atoms with Crippen LogP contribution in [0.2, 0.25) is 0 Å². The van der Waals surface area contributed by atoms with Gasteiger partial charge in [0.05, 0.1) is 5.69 Å². The van der Waals surface area contributed by atoms with Gasteiger partial charge in [0.25, 0.3) is 0 Å². The lowest BCUT2D eigenvalue weighted by molar-refractivity contribution is -0.137. The van der Waals surface area contributed by atoms with Gasteiger partial charge in [-0.15, -0.1) is 0 Å². The first-order valence-electron chi connectivity index (χ1n) is 4.81. The maximum atomic E-state index is 13.2. The van der Waals surface area contributed by atoms with E-state index < -0.39 is 42.8 Å². The molecule has 0 aliphatic rings. The highest BCUT2D eigenvalue weighted by Gasteiger charge is 2.38. The minimum Gasteiger partial charge on any atom is -0.351 e. The Morgan fingerprint density at radius 2 is 1.32 bits per heavy atom. The molecule has 0 spiro atoms. The third kappa shape index (κ3) is 5.31. The van der Waals surface area contributed by atoms with E-state index >= 15 is 0 Å². The number of hydrogen-bond acceptors (Lipinski definition) is 1. The van der Waals surface area contributed by atoms with Crippen molar-refractivity contribution in [3.63, 3.8) is 0 Å². The Hall–Kier alpha value is -1.54. The van der Waals surface area contributed by atoms with E-state index in [1.807, 2.05) is 0 Å². The monoisotopic (exact) mass is 293 g/mol. The van der Waals surface area contributed by atoms with E-state index in [2.05, 4.69) is 0 Å². The SMILES string of the molecule is Fc1ccc(F)c(N(CC(F)(F)F)CC(F)(F)F)c1. The third-order valence-corrected chi connectivity index (χ3v) is 1.99. The highest BCUT2D eigenvalue weighted by molar-refractivity contribution is 5.48. The Bertz CT molecular complexity index is 420. The van der Waals surface area contributed by atoms with Crippen LogP contribution < -0.4 is 4.90 Å². The molecule has 0 fully saturated rings. The maximum Gasteiger partial charge on any atom is 0.405 e. The van der Waals surface area contributed by atoms with Gasteiger partial charge in [0.15, 0.2) is 0 Å². The number of anilines is 1. The lowest BCUT2D eigenvalue weighted by Gasteiger charge is -2.27. The normalized spacial score (nSPS) is 12.6. The molecular formula is C10H7F8N. The fraction of sp³-hybridized carbons (Fsp3) is 0.400. The lowest BCUT2D eigenvalue weighted by Crippen LogP contribution is -2.41. The van der Waals surface area contributed by atoms with Crippen molar-refractivity contribution in [2.45, 2.75) is 12.4 Å². The molecule has 0 saturated heterocycles. The Kier molecular flexibility index (Phi) is 4.26. The molecule has 0 heterocycles. The Morgan fingerprint density at radius 3 is 1.74 bits per heavy atom.